The minimum atomic E-state index is 0.377. The molecule has 0 aliphatic heterocycles. The van der Waals surface area contributed by atoms with Gasteiger partial charge in [0.25, 0.3) is 0 Å². The topological polar surface area (TPSA) is 58.5 Å². The maximum Gasteiger partial charge on any atom is 0.0794 e. The molecule has 0 saturated heterocycles. The van der Waals surface area contributed by atoms with E-state index in [1.54, 1.807) is 0 Å². The molecule has 5 nitrogen and oxygen atoms in total. The highest BCUT2D eigenvalue weighted by atomic mass is 15.3. The number of H-pyrrole nitrogens is 1. The Morgan fingerprint density at radius 1 is 1.40 bits per heavy atom. The minimum absolute atomic E-state index is 0.377. The van der Waals surface area contributed by atoms with Crippen LogP contribution in [-0.4, -0.2) is 26.0 Å². The predicted octanol–water partition coefficient (Wildman–Crippen LogP) is 1.89. The fourth-order valence-corrected chi connectivity index (χ4v) is 2.99. The molecule has 2 N–H and O–H groups in total. The quantitative estimate of drug-likeness (QED) is 0.874. The van der Waals surface area contributed by atoms with Crippen LogP contribution in [0.25, 0.3) is 0 Å². The zero-order chi connectivity index (χ0) is 14.1. The number of rotatable bonds is 5. The SMILES string of the molecule is Cc1cc(C)n(C[C@H](C)NCc2n[nH]c3c2CCC3)n1. The van der Waals surface area contributed by atoms with Gasteiger partial charge in [-0.3, -0.25) is 9.78 Å². The highest BCUT2D eigenvalue weighted by molar-refractivity contribution is 5.29. The lowest BCUT2D eigenvalue weighted by Gasteiger charge is -2.14. The van der Waals surface area contributed by atoms with Gasteiger partial charge in [-0.05, 0) is 51.7 Å². The molecular weight excluding hydrogens is 250 g/mol. The molecule has 5 heteroatoms. The molecule has 2 aromatic rings. The Hall–Kier alpha value is -1.62. The second-order valence-corrected chi connectivity index (χ2v) is 5.87. The Labute approximate surface area is 119 Å². The number of hydrogen-bond donors (Lipinski definition) is 2. The van der Waals surface area contributed by atoms with Gasteiger partial charge in [0.1, 0.15) is 0 Å². The van der Waals surface area contributed by atoms with E-state index in [0.717, 1.165) is 25.2 Å². The summed E-state index contributed by atoms with van der Waals surface area (Å²) in [6.07, 6.45) is 3.59. The molecule has 0 bridgehead atoms. The smallest absolute Gasteiger partial charge is 0.0794 e. The average Bonchev–Trinajstić information content (AvgIpc) is 3.04. The van der Waals surface area contributed by atoms with Crippen molar-refractivity contribution >= 4 is 0 Å². The van der Waals surface area contributed by atoms with Gasteiger partial charge in [0.05, 0.1) is 17.9 Å². The monoisotopic (exact) mass is 273 g/mol. The number of nitrogens with one attached hydrogen (secondary N) is 2. The minimum Gasteiger partial charge on any atom is -0.307 e. The number of aryl methyl sites for hydroxylation is 3. The molecule has 1 aliphatic rings. The second-order valence-electron chi connectivity index (χ2n) is 5.87. The van der Waals surface area contributed by atoms with Crippen molar-refractivity contribution in [2.75, 3.05) is 0 Å². The molecule has 0 fully saturated rings. The van der Waals surface area contributed by atoms with Crippen LogP contribution >= 0.6 is 0 Å². The van der Waals surface area contributed by atoms with Gasteiger partial charge in [0.15, 0.2) is 0 Å². The summed E-state index contributed by atoms with van der Waals surface area (Å²) in [7, 11) is 0. The maximum absolute atomic E-state index is 4.51. The summed E-state index contributed by atoms with van der Waals surface area (Å²) in [5.41, 5.74) is 6.28. The molecule has 0 unspecified atom stereocenters. The van der Waals surface area contributed by atoms with E-state index in [9.17, 15) is 0 Å². The zero-order valence-corrected chi connectivity index (χ0v) is 12.5. The van der Waals surface area contributed by atoms with Gasteiger partial charge in [-0.1, -0.05) is 0 Å². The number of hydrogen-bond acceptors (Lipinski definition) is 3. The third kappa shape index (κ3) is 2.63. The number of aromatic nitrogens is 4. The molecule has 1 atom stereocenters. The Balaban J connectivity index is 1.57. The van der Waals surface area contributed by atoms with Crippen LogP contribution < -0.4 is 5.32 Å². The Kier molecular flexibility index (Phi) is 3.61. The number of nitrogens with zero attached hydrogens (tertiary/aromatic N) is 3. The van der Waals surface area contributed by atoms with E-state index >= 15 is 0 Å². The standard InChI is InChI=1S/C15H23N5/c1-10-7-12(3)20(19-10)9-11(2)16-8-15-13-5-4-6-14(13)17-18-15/h7,11,16H,4-6,8-9H2,1-3H3,(H,17,18)/t11-/m0/s1. The highest BCUT2D eigenvalue weighted by Gasteiger charge is 2.18. The van der Waals surface area contributed by atoms with E-state index in [1.165, 1.54) is 35.5 Å². The second kappa shape index (κ2) is 5.40. The van der Waals surface area contributed by atoms with Crippen LogP contribution in [-0.2, 0) is 25.9 Å². The van der Waals surface area contributed by atoms with Gasteiger partial charge in [0.2, 0.25) is 0 Å². The summed E-state index contributed by atoms with van der Waals surface area (Å²) in [5.74, 6) is 0. The molecule has 2 heterocycles. The van der Waals surface area contributed by atoms with Crippen LogP contribution in [0, 0.1) is 13.8 Å². The summed E-state index contributed by atoms with van der Waals surface area (Å²) in [6, 6.07) is 2.49. The van der Waals surface area contributed by atoms with E-state index in [4.69, 9.17) is 0 Å². The molecule has 0 aromatic carbocycles. The lowest BCUT2D eigenvalue weighted by Crippen LogP contribution is -2.31. The Bertz CT molecular complexity index is 595. The average molecular weight is 273 g/mol. The normalized spacial score (nSPS) is 15.6. The third-order valence-corrected chi connectivity index (χ3v) is 4.06. The number of fused-ring (bicyclic) bond motifs is 1. The fourth-order valence-electron chi connectivity index (χ4n) is 2.99. The summed E-state index contributed by atoms with van der Waals surface area (Å²) in [5, 5.41) is 15.7. The van der Waals surface area contributed by atoms with Crippen LogP contribution in [0.2, 0.25) is 0 Å². The third-order valence-electron chi connectivity index (χ3n) is 4.06. The largest absolute Gasteiger partial charge is 0.307 e. The molecule has 108 valence electrons. The van der Waals surface area contributed by atoms with Crippen molar-refractivity contribution in [2.24, 2.45) is 0 Å². The molecule has 20 heavy (non-hydrogen) atoms. The van der Waals surface area contributed by atoms with Gasteiger partial charge < -0.3 is 5.32 Å². The van der Waals surface area contributed by atoms with Crippen LogP contribution in [0.5, 0.6) is 0 Å². The van der Waals surface area contributed by atoms with Gasteiger partial charge in [-0.15, -0.1) is 0 Å². The summed E-state index contributed by atoms with van der Waals surface area (Å²) >= 11 is 0. The Morgan fingerprint density at radius 2 is 2.25 bits per heavy atom. The summed E-state index contributed by atoms with van der Waals surface area (Å²) < 4.78 is 2.07. The van der Waals surface area contributed by atoms with E-state index in [2.05, 4.69) is 45.2 Å². The first-order valence-electron chi connectivity index (χ1n) is 7.43. The fraction of sp³-hybridized carbons (Fsp3) is 0.600. The van der Waals surface area contributed by atoms with Crippen LogP contribution in [0.15, 0.2) is 6.07 Å². The lowest BCUT2D eigenvalue weighted by molar-refractivity contribution is 0.441. The lowest BCUT2D eigenvalue weighted by atomic mass is 10.2. The summed E-state index contributed by atoms with van der Waals surface area (Å²) in [6.45, 7) is 8.07. The number of aromatic amines is 1. The van der Waals surface area contributed by atoms with E-state index in [0.29, 0.717) is 6.04 Å². The molecule has 1 aliphatic carbocycles. The van der Waals surface area contributed by atoms with Gasteiger partial charge in [0, 0.05) is 24.0 Å². The van der Waals surface area contributed by atoms with Gasteiger partial charge >= 0.3 is 0 Å². The van der Waals surface area contributed by atoms with E-state index in [1.807, 2.05) is 6.92 Å². The maximum atomic E-state index is 4.51. The molecule has 0 radical (unpaired) electrons. The highest BCUT2D eigenvalue weighted by Crippen LogP contribution is 2.22. The van der Waals surface area contributed by atoms with Crippen molar-refractivity contribution in [3.05, 3.63) is 34.4 Å². The van der Waals surface area contributed by atoms with Crippen LogP contribution in [0.1, 0.15) is 41.7 Å². The van der Waals surface area contributed by atoms with Gasteiger partial charge in [-0.25, -0.2) is 0 Å². The van der Waals surface area contributed by atoms with Crippen molar-refractivity contribution in [3.8, 4) is 0 Å². The first kappa shape index (κ1) is 13.4. The van der Waals surface area contributed by atoms with Crippen molar-refractivity contribution in [1.82, 2.24) is 25.3 Å². The predicted molar refractivity (Wildman–Crippen MR) is 78.6 cm³/mol. The molecule has 0 amide bonds. The first-order chi connectivity index (χ1) is 9.63. The summed E-state index contributed by atoms with van der Waals surface area (Å²) in [4.78, 5) is 0. The van der Waals surface area contributed by atoms with Crippen molar-refractivity contribution in [3.63, 3.8) is 0 Å². The first-order valence-corrected chi connectivity index (χ1v) is 7.43. The van der Waals surface area contributed by atoms with Crippen molar-refractivity contribution in [1.29, 1.82) is 0 Å². The molecule has 3 rings (SSSR count). The molecule has 0 saturated carbocycles. The van der Waals surface area contributed by atoms with Crippen molar-refractivity contribution < 1.29 is 0 Å². The van der Waals surface area contributed by atoms with Crippen LogP contribution in [0.4, 0.5) is 0 Å². The van der Waals surface area contributed by atoms with Crippen molar-refractivity contribution in [2.45, 2.75) is 59.2 Å². The zero-order valence-electron chi connectivity index (χ0n) is 12.5. The molecule has 2 aromatic heterocycles. The molecule has 0 spiro atoms. The van der Waals surface area contributed by atoms with E-state index < -0.39 is 0 Å². The van der Waals surface area contributed by atoms with Gasteiger partial charge in [-0.2, -0.15) is 10.2 Å². The Morgan fingerprint density at radius 3 is 3.00 bits per heavy atom. The molecular formula is C15H23N5. The van der Waals surface area contributed by atoms with Crippen LogP contribution in [0.3, 0.4) is 0 Å². The van der Waals surface area contributed by atoms with E-state index in [-0.39, 0.29) is 0 Å².